The van der Waals surface area contributed by atoms with E-state index in [4.69, 9.17) is 9.47 Å². The maximum Gasteiger partial charge on any atom is 0.165 e. The second kappa shape index (κ2) is 9.44. The van der Waals surface area contributed by atoms with Crippen LogP contribution in [0, 0.1) is 0 Å². The van der Waals surface area contributed by atoms with Gasteiger partial charge in [0.1, 0.15) is 0 Å². The van der Waals surface area contributed by atoms with Crippen LogP contribution in [0.2, 0.25) is 0 Å². The molecule has 0 unspecified atom stereocenters. The molecule has 23 heavy (non-hydrogen) atoms. The normalized spacial score (nSPS) is 24.7. The molecule has 1 aromatic carbocycles. The lowest BCUT2D eigenvalue weighted by atomic mass is 9.96. The van der Waals surface area contributed by atoms with Gasteiger partial charge in [0.25, 0.3) is 0 Å². The molecule has 2 rings (SSSR count). The summed E-state index contributed by atoms with van der Waals surface area (Å²) < 4.78 is 12.2. The SMILES string of the molecule is CCCCCCC1(C)OCC(c2ccc(CCCC)cc2)CO1. The molecule has 0 amide bonds. The predicted molar refractivity (Wildman–Crippen MR) is 96.9 cm³/mol. The van der Waals surface area contributed by atoms with Gasteiger partial charge in [-0.25, -0.2) is 0 Å². The quantitative estimate of drug-likeness (QED) is 0.532. The van der Waals surface area contributed by atoms with Crippen LogP contribution in [0.15, 0.2) is 24.3 Å². The van der Waals surface area contributed by atoms with Gasteiger partial charge in [0.05, 0.1) is 13.2 Å². The number of rotatable bonds is 9. The second-order valence-corrected chi connectivity index (χ2v) is 7.11. The fourth-order valence-corrected chi connectivity index (χ4v) is 3.19. The van der Waals surface area contributed by atoms with E-state index in [0.717, 1.165) is 19.6 Å². The molecule has 0 aromatic heterocycles. The molecule has 2 heteroatoms. The highest BCUT2D eigenvalue weighted by Crippen LogP contribution is 2.31. The van der Waals surface area contributed by atoms with Crippen LogP contribution in [0.25, 0.3) is 0 Å². The van der Waals surface area contributed by atoms with Crippen LogP contribution in [0.4, 0.5) is 0 Å². The monoisotopic (exact) mass is 318 g/mol. The lowest BCUT2D eigenvalue weighted by molar-refractivity contribution is -0.266. The molecule has 0 spiro atoms. The van der Waals surface area contributed by atoms with Crippen LogP contribution in [0.3, 0.4) is 0 Å². The first-order chi connectivity index (χ1) is 11.2. The van der Waals surface area contributed by atoms with Gasteiger partial charge in [-0.15, -0.1) is 0 Å². The van der Waals surface area contributed by atoms with E-state index >= 15 is 0 Å². The Bertz CT molecular complexity index is 430. The van der Waals surface area contributed by atoms with Crippen LogP contribution in [0.5, 0.6) is 0 Å². The smallest absolute Gasteiger partial charge is 0.165 e. The third kappa shape index (κ3) is 5.93. The van der Waals surface area contributed by atoms with Crippen molar-refractivity contribution >= 4 is 0 Å². The maximum atomic E-state index is 6.09. The van der Waals surface area contributed by atoms with E-state index in [1.807, 2.05) is 0 Å². The van der Waals surface area contributed by atoms with Gasteiger partial charge < -0.3 is 9.47 Å². The summed E-state index contributed by atoms with van der Waals surface area (Å²) in [6, 6.07) is 9.05. The second-order valence-electron chi connectivity index (χ2n) is 7.11. The van der Waals surface area contributed by atoms with Crippen molar-refractivity contribution in [2.75, 3.05) is 13.2 Å². The molecule has 1 heterocycles. The largest absolute Gasteiger partial charge is 0.350 e. The summed E-state index contributed by atoms with van der Waals surface area (Å²) in [5.74, 6) is 0.00429. The number of aryl methyl sites for hydroxylation is 1. The number of hydrogen-bond donors (Lipinski definition) is 0. The molecular weight excluding hydrogens is 284 g/mol. The summed E-state index contributed by atoms with van der Waals surface area (Å²) in [5.41, 5.74) is 2.78. The summed E-state index contributed by atoms with van der Waals surface area (Å²) in [5, 5.41) is 0. The van der Waals surface area contributed by atoms with Crippen LogP contribution in [-0.2, 0) is 15.9 Å². The average Bonchev–Trinajstić information content (AvgIpc) is 2.58. The summed E-state index contributed by atoms with van der Waals surface area (Å²) in [4.78, 5) is 0. The molecule has 0 bridgehead atoms. The Morgan fingerprint density at radius 3 is 2.17 bits per heavy atom. The fraction of sp³-hybridized carbons (Fsp3) is 0.714. The zero-order valence-electron chi connectivity index (χ0n) is 15.3. The van der Waals surface area contributed by atoms with Gasteiger partial charge in [-0.1, -0.05) is 63.8 Å². The fourth-order valence-electron chi connectivity index (χ4n) is 3.19. The number of unbranched alkanes of at least 4 members (excludes halogenated alkanes) is 4. The highest BCUT2D eigenvalue weighted by molar-refractivity contribution is 5.26. The minimum atomic E-state index is -0.370. The summed E-state index contributed by atoms with van der Waals surface area (Å²) in [7, 11) is 0. The standard InChI is InChI=1S/C21H34O2/c1-4-6-8-9-15-21(3)22-16-20(17-23-21)19-13-11-18(12-14-19)10-7-5-2/h11-14,20H,4-10,15-17H2,1-3H3. The van der Waals surface area contributed by atoms with Crippen LogP contribution >= 0.6 is 0 Å². The lowest BCUT2D eigenvalue weighted by Crippen LogP contribution is -2.40. The Kier molecular flexibility index (Phi) is 7.58. The van der Waals surface area contributed by atoms with E-state index in [1.165, 1.54) is 56.1 Å². The maximum absolute atomic E-state index is 6.09. The van der Waals surface area contributed by atoms with E-state index in [0.29, 0.717) is 5.92 Å². The van der Waals surface area contributed by atoms with Gasteiger partial charge >= 0.3 is 0 Å². The van der Waals surface area contributed by atoms with E-state index in [1.54, 1.807) is 0 Å². The van der Waals surface area contributed by atoms with Crippen molar-refractivity contribution in [1.29, 1.82) is 0 Å². The van der Waals surface area contributed by atoms with Crippen LogP contribution in [0.1, 0.15) is 82.8 Å². The van der Waals surface area contributed by atoms with Crippen molar-refractivity contribution in [3.63, 3.8) is 0 Å². The summed E-state index contributed by atoms with van der Waals surface area (Å²) in [6.07, 6.45) is 9.77. The average molecular weight is 319 g/mol. The number of benzene rings is 1. The summed E-state index contributed by atoms with van der Waals surface area (Å²) in [6.45, 7) is 8.14. The Labute approximate surface area is 142 Å². The molecule has 1 fully saturated rings. The van der Waals surface area contributed by atoms with E-state index in [-0.39, 0.29) is 5.79 Å². The van der Waals surface area contributed by atoms with Crippen molar-refractivity contribution in [3.05, 3.63) is 35.4 Å². The van der Waals surface area contributed by atoms with Crippen molar-refractivity contribution in [1.82, 2.24) is 0 Å². The lowest BCUT2D eigenvalue weighted by Gasteiger charge is -2.38. The van der Waals surface area contributed by atoms with Gasteiger partial charge in [0.2, 0.25) is 0 Å². The zero-order chi connectivity index (χ0) is 16.5. The topological polar surface area (TPSA) is 18.5 Å². The molecule has 0 atom stereocenters. The number of ether oxygens (including phenoxy) is 2. The zero-order valence-corrected chi connectivity index (χ0v) is 15.3. The summed E-state index contributed by atoms with van der Waals surface area (Å²) >= 11 is 0. The number of hydrogen-bond acceptors (Lipinski definition) is 2. The van der Waals surface area contributed by atoms with E-state index in [9.17, 15) is 0 Å². The molecule has 1 aromatic rings. The van der Waals surface area contributed by atoms with Crippen molar-refractivity contribution < 1.29 is 9.47 Å². The molecule has 2 nitrogen and oxygen atoms in total. The Hall–Kier alpha value is -0.860. The molecule has 0 N–H and O–H groups in total. The van der Waals surface area contributed by atoms with Crippen LogP contribution in [-0.4, -0.2) is 19.0 Å². The molecule has 1 aliphatic heterocycles. The van der Waals surface area contributed by atoms with Crippen molar-refractivity contribution in [3.8, 4) is 0 Å². The Balaban J connectivity index is 1.79. The minimum absolute atomic E-state index is 0.370. The molecule has 1 saturated heterocycles. The minimum Gasteiger partial charge on any atom is -0.350 e. The third-order valence-electron chi connectivity index (χ3n) is 4.93. The van der Waals surface area contributed by atoms with Gasteiger partial charge in [0, 0.05) is 12.3 Å². The molecule has 130 valence electrons. The highest BCUT2D eigenvalue weighted by atomic mass is 16.7. The van der Waals surface area contributed by atoms with Gasteiger partial charge in [0.15, 0.2) is 5.79 Å². The van der Waals surface area contributed by atoms with E-state index in [2.05, 4.69) is 45.0 Å². The van der Waals surface area contributed by atoms with Crippen LogP contribution < -0.4 is 0 Å². The van der Waals surface area contributed by atoms with Crippen molar-refractivity contribution in [2.45, 2.75) is 83.8 Å². The predicted octanol–water partition coefficient (Wildman–Crippen LogP) is 5.85. The Morgan fingerprint density at radius 1 is 0.913 bits per heavy atom. The van der Waals surface area contributed by atoms with Gasteiger partial charge in [-0.05, 0) is 37.3 Å². The Morgan fingerprint density at radius 2 is 1.57 bits per heavy atom. The van der Waals surface area contributed by atoms with Gasteiger partial charge in [-0.2, -0.15) is 0 Å². The first-order valence-electron chi connectivity index (χ1n) is 9.53. The molecule has 1 aliphatic rings. The first-order valence-corrected chi connectivity index (χ1v) is 9.53. The van der Waals surface area contributed by atoms with E-state index < -0.39 is 0 Å². The first kappa shape index (κ1) is 18.5. The molecule has 0 saturated carbocycles. The highest BCUT2D eigenvalue weighted by Gasteiger charge is 2.32. The molecule has 0 radical (unpaired) electrons. The third-order valence-corrected chi connectivity index (χ3v) is 4.93. The van der Waals surface area contributed by atoms with Gasteiger partial charge in [-0.3, -0.25) is 0 Å². The molecular formula is C21H34O2. The molecule has 0 aliphatic carbocycles. The van der Waals surface area contributed by atoms with Crippen molar-refractivity contribution in [2.24, 2.45) is 0 Å².